The van der Waals surface area contributed by atoms with Crippen LogP contribution < -0.4 is 9.78 Å². The smallest absolute Gasteiger partial charge is 0.218 e. The molecule has 2 rings (SSSR count). The molecule has 80 valence electrons. The van der Waals surface area contributed by atoms with E-state index in [1.54, 1.807) is 6.07 Å². The van der Waals surface area contributed by atoms with Crippen LogP contribution in [0.15, 0.2) is 18.2 Å². The normalized spacial score (nSPS) is 10.6. The molecule has 0 radical (unpaired) electrons. The molecule has 1 aromatic carbocycles. The van der Waals surface area contributed by atoms with Gasteiger partial charge in [-0.3, -0.25) is 9.78 Å². The molecule has 0 bridgehead atoms. The Kier molecular flexibility index (Phi) is 6.58. The first-order valence-corrected chi connectivity index (χ1v) is 4.99. The van der Waals surface area contributed by atoms with Crippen LogP contribution in [0.3, 0.4) is 0 Å². The van der Waals surface area contributed by atoms with Crippen LogP contribution in [-0.4, -0.2) is 0 Å². The summed E-state index contributed by atoms with van der Waals surface area (Å²) < 4.78 is 0. The van der Waals surface area contributed by atoms with E-state index in [4.69, 9.17) is 4.89 Å². The first-order valence-electron chi connectivity index (χ1n) is 4.99. The molecule has 1 aliphatic rings. The molecule has 0 aliphatic carbocycles. The molecular formula is C11H18O3. The highest BCUT2D eigenvalue weighted by Crippen LogP contribution is 2.34. The third-order valence-electron chi connectivity index (χ3n) is 1.42. The molecule has 0 saturated carbocycles. The predicted molar refractivity (Wildman–Crippen MR) is 56.2 cm³/mol. The maximum Gasteiger partial charge on any atom is 0.218 e. The summed E-state index contributed by atoms with van der Waals surface area (Å²) in [5.41, 5.74) is 1.01. The summed E-state index contributed by atoms with van der Waals surface area (Å²) >= 11 is 0. The third kappa shape index (κ3) is 2.92. The van der Waals surface area contributed by atoms with Gasteiger partial charge in [-0.25, -0.2) is 0 Å². The average molecular weight is 198 g/mol. The van der Waals surface area contributed by atoms with E-state index < -0.39 is 0 Å². The Morgan fingerprint density at radius 1 is 0.929 bits per heavy atom. The molecule has 14 heavy (non-hydrogen) atoms. The largest absolute Gasteiger partial charge is 0.295 e. The second kappa shape index (κ2) is 7.21. The van der Waals surface area contributed by atoms with Crippen molar-refractivity contribution in [2.75, 3.05) is 0 Å². The van der Waals surface area contributed by atoms with Gasteiger partial charge < -0.3 is 0 Å². The lowest BCUT2D eigenvalue weighted by molar-refractivity contribution is -0.384. The van der Waals surface area contributed by atoms with Gasteiger partial charge in [0.1, 0.15) is 0 Å². The number of para-hydroxylation sites is 1. The Morgan fingerprint density at radius 3 is 2.14 bits per heavy atom. The van der Waals surface area contributed by atoms with Crippen LogP contribution in [0.2, 0.25) is 0 Å². The van der Waals surface area contributed by atoms with Crippen molar-refractivity contribution in [3.05, 3.63) is 23.8 Å². The fourth-order valence-corrected chi connectivity index (χ4v) is 0.886. The molecule has 0 N–H and O–H groups in total. The minimum absolute atomic E-state index is 0.639. The fraction of sp³-hybridized carbons (Fsp3) is 0.455. The highest BCUT2D eigenvalue weighted by molar-refractivity contribution is 5.45. The molecule has 0 aromatic heterocycles. The summed E-state index contributed by atoms with van der Waals surface area (Å²) in [6, 6.07) is 5.60. The zero-order valence-corrected chi connectivity index (χ0v) is 9.46. The van der Waals surface area contributed by atoms with Crippen LogP contribution >= 0.6 is 0 Å². The lowest BCUT2D eigenvalue weighted by atomic mass is 10.2. The Bertz CT molecular complexity index is 259. The lowest BCUT2D eigenvalue weighted by Gasteiger charge is -1.92. The molecule has 1 heterocycles. The quantitative estimate of drug-likeness (QED) is 0.595. The minimum atomic E-state index is 0.639. The fourth-order valence-electron chi connectivity index (χ4n) is 0.886. The minimum Gasteiger partial charge on any atom is -0.295 e. The molecule has 1 aliphatic heterocycles. The van der Waals surface area contributed by atoms with Crippen LogP contribution in [0.4, 0.5) is 0 Å². The first-order chi connectivity index (χ1) is 6.88. The van der Waals surface area contributed by atoms with Crippen molar-refractivity contribution in [3.63, 3.8) is 0 Å². The van der Waals surface area contributed by atoms with Gasteiger partial charge in [-0.15, -0.1) is 0 Å². The molecule has 0 spiro atoms. The van der Waals surface area contributed by atoms with Gasteiger partial charge in [0.15, 0.2) is 0 Å². The van der Waals surface area contributed by atoms with Gasteiger partial charge >= 0.3 is 0 Å². The summed E-state index contributed by atoms with van der Waals surface area (Å²) in [6.07, 6.45) is 0. The van der Waals surface area contributed by atoms with E-state index in [1.807, 2.05) is 46.8 Å². The van der Waals surface area contributed by atoms with Crippen molar-refractivity contribution >= 4 is 0 Å². The average Bonchev–Trinajstić information content (AvgIpc) is 2.73. The van der Waals surface area contributed by atoms with Gasteiger partial charge in [-0.05, 0) is 18.6 Å². The molecule has 0 amide bonds. The zero-order valence-electron chi connectivity index (χ0n) is 9.46. The number of aryl methyl sites for hydroxylation is 1. The van der Waals surface area contributed by atoms with Gasteiger partial charge in [0.2, 0.25) is 11.5 Å². The van der Waals surface area contributed by atoms with Crippen molar-refractivity contribution < 1.29 is 14.8 Å². The van der Waals surface area contributed by atoms with E-state index in [9.17, 15) is 0 Å². The van der Waals surface area contributed by atoms with Gasteiger partial charge in [-0.1, -0.05) is 39.8 Å². The number of hydrogen-bond donors (Lipinski definition) is 0. The molecule has 0 saturated heterocycles. The Labute approximate surface area is 85.5 Å². The van der Waals surface area contributed by atoms with Gasteiger partial charge in [-0.2, -0.15) is 0 Å². The Morgan fingerprint density at radius 2 is 1.57 bits per heavy atom. The summed E-state index contributed by atoms with van der Waals surface area (Å²) in [7, 11) is 0. The number of benzene rings is 1. The standard InChI is InChI=1S/C7H6O3.2C2H6/c1-5-3-2-4-6-7(5)9-10-8-6;2*1-2/h2-4H,1H3;2*1-2H3. The van der Waals surface area contributed by atoms with Gasteiger partial charge in [0.25, 0.3) is 0 Å². The summed E-state index contributed by atoms with van der Waals surface area (Å²) in [4.78, 5) is 9.36. The van der Waals surface area contributed by atoms with E-state index >= 15 is 0 Å². The monoisotopic (exact) mass is 198 g/mol. The topological polar surface area (TPSA) is 27.7 Å². The second-order valence-corrected chi connectivity index (χ2v) is 2.14. The zero-order chi connectivity index (χ0) is 11.0. The molecule has 1 aromatic rings. The van der Waals surface area contributed by atoms with Crippen LogP contribution in [0.1, 0.15) is 33.3 Å². The number of hydrogen-bond acceptors (Lipinski definition) is 3. The number of fused-ring (bicyclic) bond motifs is 1. The van der Waals surface area contributed by atoms with Crippen LogP contribution in [0, 0.1) is 6.92 Å². The molecule has 0 fully saturated rings. The van der Waals surface area contributed by atoms with Crippen molar-refractivity contribution in [2.45, 2.75) is 34.6 Å². The summed E-state index contributed by atoms with van der Waals surface area (Å²) in [5.74, 6) is 1.31. The van der Waals surface area contributed by atoms with E-state index in [0.29, 0.717) is 11.5 Å². The Balaban J connectivity index is 0.000000379. The third-order valence-corrected chi connectivity index (χ3v) is 1.42. The van der Waals surface area contributed by atoms with E-state index in [-0.39, 0.29) is 0 Å². The number of rotatable bonds is 0. The highest BCUT2D eigenvalue weighted by Gasteiger charge is 2.17. The predicted octanol–water partition coefficient (Wildman–Crippen LogP) is 3.67. The Hall–Kier alpha value is -1.22. The molecule has 0 atom stereocenters. The van der Waals surface area contributed by atoms with Crippen LogP contribution in [0.5, 0.6) is 11.5 Å². The van der Waals surface area contributed by atoms with Crippen molar-refractivity contribution in [1.82, 2.24) is 0 Å². The molecule has 3 nitrogen and oxygen atoms in total. The first kappa shape index (κ1) is 12.8. The van der Waals surface area contributed by atoms with Crippen molar-refractivity contribution in [3.8, 4) is 11.5 Å². The van der Waals surface area contributed by atoms with Gasteiger partial charge in [0.05, 0.1) is 0 Å². The molecule has 3 heteroatoms. The molecular weight excluding hydrogens is 180 g/mol. The maximum atomic E-state index is 4.71. The van der Waals surface area contributed by atoms with Crippen LogP contribution in [0.25, 0.3) is 0 Å². The van der Waals surface area contributed by atoms with Crippen molar-refractivity contribution in [2.24, 2.45) is 0 Å². The lowest BCUT2D eigenvalue weighted by Crippen LogP contribution is -1.88. The maximum absolute atomic E-state index is 4.71. The van der Waals surface area contributed by atoms with E-state index in [2.05, 4.69) is 9.93 Å². The molecule has 0 unspecified atom stereocenters. The summed E-state index contributed by atoms with van der Waals surface area (Å²) in [6.45, 7) is 9.93. The van der Waals surface area contributed by atoms with E-state index in [0.717, 1.165) is 5.56 Å². The second-order valence-electron chi connectivity index (χ2n) is 2.14. The van der Waals surface area contributed by atoms with Crippen molar-refractivity contribution in [1.29, 1.82) is 0 Å². The summed E-state index contributed by atoms with van der Waals surface area (Å²) in [5, 5.41) is 4.30. The SMILES string of the molecule is CC.CC.Cc1cccc2c1OOO2. The van der Waals surface area contributed by atoms with Gasteiger partial charge in [0, 0.05) is 5.04 Å². The van der Waals surface area contributed by atoms with E-state index in [1.165, 1.54) is 0 Å². The van der Waals surface area contributed by atoms with Crippen LogP contribution in [-0.2, 0) is 5.04 Å². The highest BCUT2D eigenvalue weighted by atomic mass is 17.5.